The van der Waals surface area contributed by atoms with Crippen LogP contribution in [0.2, 0.25) is 5.02 Å². The minimum atomic E-state index is -4.15. The molecule has 0 aromatic heterocycles. The zero-order chi connectivity index (χ0) is 27.9. The Morgan fingerprint density at radius 3 is 2.24 bits per heavy atom. The van der Waals surface area contributed by atoms with E-state index in [1.165, 1.54) is 24.1 Å². The minimum Gasteiger partial charge on any atom is -0.497 e. The van der Waals surface area contributed by atoms with E-state index >= 15 is 0 Å². The summed E-state index contributed by atoms with van der Waals surface area (Å²) in [5, 5.41) is 3.25. The average molecular weight is 558 g/mol. The Morgan fingerprint density at radius 1 is 0.947 bits per heavy atom. The topological polar surface area (TPSA) is 96.0 Å². The molecule has 0 aliphatic carbocycles. The van der Waals surface area contributed by atoms with Gasteiger partial charge in [0.25, 0.3) is 10.0 Å². The molecule has 38 heavy (non-hydrogen) atoms. The second-order valence-corrected chi connectivity index (χ2v) is 11.2. The normalized spacial score (nSPS) is 12.1. The number of anilines is 1. The Hall–Kier alpha value is -3.56. The molecular formula is C28H32ClN3O5S. The highest BCUT2D eigenvalue weighted by Crippen LogP contribution is 2.28. The van der Waals surface area contributed by atoms with E-state index in [0.717, 1.165) is 4.31 Å². The van der Waals surface area contributed by atoms with Crippen molar-refractivity contribution in [2.75, 3.05) is 18.0 Å². The van der Waals surface area contributed by atoms with Gasteiger partial charge in [0.1, 0.15) is 18.3 Å². The van der Waals surface area contributed by atoms with Crippen LogP contribution in [0.15, 0.2) is 83.8 Å². The van der Waals surface area contributed by atoms with Crippen molar-refractivity contribution in [3.8, 4) is 5.75 Å². The summed E-state index contributed by atoms with van der Waals surface area (Å²) >= 11 is 6.37. The Labute approximate surface area is 229 Å². The van der Waals surface area contributed by atoms with E-state index in [4.69, 9.17) is 16.3 Å². The number of halogens is 1. The summed E-state index contributed by atoms with van der Waals surface area (Å²) in [6.45, 7) is 4.72. The molecule has 0 saturated heterocycles. The summed E-state index contributed by atoms with van der Waals surface area (Å²) in [5.74, 6) is -0.501. The smallest absolute Gasteiger partial charge is 0.264 e. The van der Waals surface area contributed by atoms with E-state index in [1.54, 1.807) is 73.7 Å². The van der Waals surface area contributed by atoms with Gasteiger partial charge in [0.15, 0.2) is 0 Å². The molecule has 1 N–H and O–H groups in total. The fraction of sp³-hybridized carbons (Fsp3) is 0.286. The van der Waals surface area contributed by atoms with Gasteiger partial charge in [-0.1, -0.05) is 54.1 Å². The second kappa shape index (κ2) is 12.8. The van der Waals surface area contributed by atoms with Crippen molar-refractivity contribution in [1.82, 2.24) is 10.2 Å². The first-order valence-corrected chi connectivity index (χ1v) is 13.9. The van der Waals surface area contributed by atoms with Crippen LogP contribution < -0.4 is 14.4 Å². The van der Waals surface area contributed by atoms with Crippen LogP contribution in [0.4, 0.5) is 5.69 Å². The lowest BCUT2D eigenvalue weighted by molar-refractivity contribution is -0.139. The van der Waals surface area contributed by atoms with Gasteiger partial charge in [-0.25, -0.2) is 8.42 Å². The molecule has 3 rings (SSSR count). The molecule has 1 atom stereocenters. The van der Waals surface area contributed by atoms with Crippen molar-refractivity contribution in [1.29, 1.82) is 0 Å². The highest BCUT2D eigenvalue weighted by molar-refractivity contribution is 7.92. The van der Waals surface area contributed by atoms with Gasteiger partial charge in [-0.05, 0) is 56.7 Å². The first-order chi connectivity index (χ1) is 18.0. The number of methoxy groups -OCH3 is 1. The highest BCUT2D eigenvalue weighted by Gasteiger charge is 2.33. The lowest BCUT2D eigenvalue weighted by Gasteiger charge is -2.32. The predicted octanol–water partition coefficient (Wildman–Crippen LogP) is 4.49. The number of benzene rings is 3. The first-order valence-electron chi connectivity index (χ1n) is 12.1. The van der Waals surface area contributed by atoms with Crippen LogP contribution in [-0.4, -0.2) is 50.9 Å². The molecule has 2 amide bonds. The summed E-state index contributed by atoms with van der Waals surface area (Å²) in [6, 6.07) is 20.3. The molecule has 0 bridgehead atoms. The number of hydrogen-bond donors (Lipinski definition) is 1. The summed E-state index contributed by atoms with van der Waals surface area (Å²) in [4.78, 5) is 28.2. The Morgan fingerprint density at radius 2 is 1.61 bits per heavy atom. The first kappa shape index (κ1) is 29.0. The molecular weight excluding hydrogens is 526 g/mol. The van der Waals surface area contributed by atoms with Gasteiger partial charge >= 0.3 is 0 Å². The monoisotopic (exact) mass is 557 g/mol. The molecule has 0 fully saturated rings. The summed E-state index contributed by atoms with van der Waals surface area (Å²) in [6.07, 6.45) is 0. The number of nitrogens with zero attached hydrogens (tertiary/aromatic N) is 2. The lowest BCUT2D eigenvalue weighted by Crippen LogP contribution is -2.52. The molecule has 202 valence electrons. The molecule has 0 heterocycles. The second-order valence-electron chi connectivity index (χ2n) is 8.98. The van der Waals surface area contributed by atoms with Crippen LogP contribution >= 0.6 is 11.6 Å². The number of amides is 2. The van der Waals surface area contributed by atoms with E-state index in [0.29, 0.717) is 16.3 Å². The third-order valence-electron chi connectivity index (χ3n) is 5.85. The van der Waals surface area contributed by atoms with Crippen LogP contribution in [0.3, 0.4) is 0 Å². The zero-order valence-corrected chi connectivity index (χ0v) is 23.4. The molecule has 3 aromatic rings. The molecule has 0 unspecified atom stereocenters. The van der Waals surface area contributed by atoms with Gasteiger partial charge in [0.05, 0.1) is 17.7 Å². The molecule has 0 saturated carbocycles. The molecule has 0 aliphatic rings. The van der Waals surface area contributed by atoms with E-state index in [1.807, 2.05) is 13.8 Å². The zero-order valence-electron chi connectivity index (χ0n) is 21.8. The number of ether oxygens (including phenoxy) is 1. The van der Waals surface area contributed by atoms with Crippen molar-refractivity contribution < 1.29 is 22.7 Å². The van der Waals surface area contributed by atoms with E-state index < -0.39 is 28.5 Å². The molecule has 10 heteroatoms. The highest BCUT2D eigenvalue weighted by atomic mass is 35.5. The fourth-order valence-electron chi connectivity index (χ4n) is 3.81. The largest absolute Gasteiger partial charge is 0.497 e. The summed E-state index contributed by atoms with van der Waals surface area (Å²) < 4.78 is 33.9. The fourth-order valence-corrected chi connectivity index (χ4v) is 5.43. The van der Waals surface area contributed by atoms with Gasteiger partial charge in [0.2, 0.25) is 11.8 Å². The van der Waals surface area contributed by atoms with Crippen molar-refractivity contribution in [2.24, 2.45) is 0 Å². The number of sulfonamides is 1. The van der Waals surface area contributed by atoms with Gasteiger partial charge in [-0.2, -0.15) is 0 Å². The molecule has 3 aromatic carbocycles. The number of carbonyl (C=O) groups excluding carboxylic acids is 2. The number of rotatable bonds is 11. The molecule has 0 radical (unpaired) electrons. The third-order valence-corrected chi connectivity index (χ3v) is 8.00. The maximum atomic E-state index is 13.9. The van der Waals surface area contributed by atoms with Crippen LogP contribution in [0.5, 0.6) is 5.75 Å². The predicted molar refractivity (Wildman–Crippen MR) is 149 cm³/mol. The van der Waals surface area contributed by atoms with E-state index in [-0.39, 0.29) is 29.1 Å². The Bertz CT molecular complexity index is 1370. The standard InChI is InChI=1S/C28H32ClN3O5S/c1-20(2)30-28(34)21(3)31(18-22-11-8-9-16-26(22)29)27(33)19-32(23-12-10-13-24(17-23)37-4)38(35,36)25-14-6-5-7-15-25/h5-17,20-21H,18-19H2,1-4H3,(H,30,34)/t21-/m1/s1. The van der Waals surface area contributed by atoms with Gasteiger partial charge in [-0.15, -0.1) is 0 Å². The maximum absolute atomic E-state index is 13.9. The van der Waals surface area contributed by atoms with E-state index in [2.05, 4.69) is 5.32 Å². The molecule has 0 aliphatic heterocycles. The maximum Gasteiger partial charge on any atom is 0.264 e. The Kier molecular flexibility index (Phi) is 9.77. The molecule has 8 nitrogen and oxygen atoms in total. The third kappa shape index (κ3) is 7.05. The van der Waals surface area contributed by atoms with Crippen LogP contribution in [0, 0.1) is 0 Å². The van der Waals surface area contributed by atoms with Crippen molar-refractivity contribution in [2.45, 2.75) is 44.3 Å². The van der Waals surface area contributed by atoms with Crippen LogP contribution in [-0.2, 0) is 26.2 Å². The number of carbonyl (C=O) groups is 2. The quantitative estimate of drug-likeness (QED) is 0.375. The van der Waals surface area contributed by atoms with Crippen LogP contribution in [0.1, 0.15) is 26.3 Å². The van der Waals surface area contributed by atoms with Crippen molar-refractivity contribution in [3.63, 3.8) is 0 Å². The van der Waals surface area contributed by atoms with Crippen molar-refractivity contribution >= 4 is 39.1 Å². The summed E-state index contributed by atoms with van der Waals surface area (Å²) in [5.41, 5.74) is 0.879. The molecule has 0 spiro atoms. The van der Waals surface area contributed by atoms with Gasteiger partial charge < -0.3 is 15.0 Å². The van der Waals surface area contributed by atoms with E-state index in [9.17, 15) is 18.0 Å². The Balaban J connectivity index is 2.05. The van der Waals surface area contributed by atoms with Gasteiger partial charge in [0, 0.05) is 23.7 Å². The average Bonchev–Trinajstić information content (AvgIpc) is 2.90. The number of nitrogens with one attached hydrogen (secondary N) is 1. The van der Waals surface area contributed by atoms with Gasteiger partial charge in [-0.3, -0.25) is 13.9 Å². The SMILES string of the molecule is COc1cccc(N(CC(=O)N(Cc2ccccc2Cl)[C@H](C)C(=O)NC(C)C)S(=O)(=O)c2ccccc2)c1. The lowest BCUT2D eigenvalue weighted by atomic mass is 10.1. The minimum absolute atomic E-state index is 0.0164. The number of hydrogen-bond acceptors (Lipinski definition) is 5. The van der Waals surface area contributed by atoms with Crippen molar-refractivity contribution in [3.05, 3.63) is 89.4 Å². The van der Waals surface area contributed by atoms with Crippen LogP contribution in [0.25, 0.3) is 0 Å². The summed E-state index contributed by atoms with van der Waals surface area (Å²) in [7, 11) is -2.68.